The summed E-state index contributed by atoms with van der Waals surface area (Å²) in [4.78, 5) is 0. The van der Waals surface area contributed by atoms with E-state index in [1.54, 1.807) is 0 Å². The standard InChI is InChI=1S/C13H17.C5H5.C3H7.Ti/c1-3-7-12-10(5-1)9-11-6-2-4-8-13(11)12;1-2-4-5-3-1;1-3-2;/h1,3,5-7,10-13H,2,4,8-9H2;1-3H,4H2;3H,1-2H3;/q3*-1;+3. The molecule has 4 rings (SSSR count). The summed E-state index contributed by atoms with van der Waals surface area (Å²) in [5, 5.41) is 0. The van der Waals surface area contributed by atoms with Crippen LogP contribution in [0.3, 0.4) is 0 Å². The van der Waals surface area contributed by atoms with E-state index >= 15 is 0 Å². The van der Waals surface area contributed by atoms with Gasteiger partial charge in [0.25, 0.3) is 0 Å². The molecule has 0 spiro atoms. The van der Waals surface area contributed by atoms with Crippen LogP contribution in [-0.2, 0) is 21.7 Å². The van der Waals surface area contributed by atoms with Gasteiger partial charge in [0.1, 0.15) is 0 Å². The van der Waals surface area contributed by atoms with Crippen LogP contribution in [0.5, 0.6) is 0 Å². The maximum absolute atomic E-state index is 2.99. The smallest absolute Gasteiger partial charge is 0.335 e. The molecular formula is C21H29Ti. The van der Waals surface area contributed by atoms with Crippen LogP contribution in [-0.4, -0.2) is 0 Å². The van der Waals surface area contributed by atoms with Crippen molar-refractivity contribution in [1.29, 1.82) is 0 Å². The van der Waals surface area contributed by atoms with Gasteiger partial charge in [-0.05, 0) is 11.8 Å². The first-order chi connectivity index (χ1) is 10.4. The Labute approximate surface area is 152 Å². The number of rotatable bonds is 0. The van der Waals surface area contributed by atoms with Crippen LogP contribution < -0.4 is 0 Å². The predicted molar refractivity (Wildman–Crippen MR) is 92.2 cm³/mol. The van der Waals surface area contributed by atoms with Crippen molar-refractivity contribution >= 4 is 0 Å². The van der Waals surface area contributed by atoms with Gasteiger partial charge in [0.15, 0.2) is 0 Å². The van der Waals surface area contributed by atoms with Gasteiger partial charge in [0, 0.05) is 0 Å². The summed E-state index contributed by atoms with van der Waals surface area (Å²) in [5.41, 5.74) is 0. The molecule has 1 radical (unpaired) electrons. The summed E-state index contributed by atoms with van der Waals surface area (Å²) in [6.07, 6.45) is 29.7. The molecule has 0 aromatic heterocycles. The van der Waals surface area contributed by atoms with Gasteiger partial charge in [0.05, 0.1) is 0 Å². The summed E-state index contributed by atoms with van der Waals surface area (Å²) < 4.78 is 0. The van der Waals surface area contributed by atoms with Crippen LogP contribution in [0.4, 0.5) is 0 Å². The average molecular weight is 329 g/mol. The summed E-state index contributed by atoms with van der Waals surface area (Å²) in [5.74, 6) is 3.68. The van der Waals surface area contributed by atoms with E-state index in [9.17, 15) is 0 Å². The van der Waals surface area contributed by atoms with E-state index in [2.05, 4.69) is 42.9 Å². The Bertz CT molecular complexity index is 392. The molecule has 4 aliphatic carbocycles. The zero-order chi connectivity index (χ0) is 14.9. The SMILES string of the molecule is C1=CC2CC3[CH-]CCCC3C2C=C1.C[CH-]C.[C-]1=CC=CC1.[Ti+3]. The number of allylic oxidation sites excluding steroid dienone is 8. The third-order valence-corrected chi connectivity index (χ3v) is 4.68. The fraction of sp³-hybridized carbons (Fsp3) is 0.524. The summed E-state index contributed by atoms with van der Waals surface area (Å²) in [6, 6.07) is 0. The monoisotopic (exact) mass is 329 g/mol. The molecule has 2 fully saturated rings. The quantitative estimate of drug-likeness (QED) is 0.383. The van der Waals surface area contributed by atoms with Gasteiger partial charge in [-0.1, -0.05) is 49.5 Å². The Hall–Kier alpha value is -0.326. The minimum atomic E-state index is 0. The van der Waals surface area contributed by atoms with Crippen molar-refractivity contribution in [3.05, 3.63) is 61.4 Å². The summed E-state index contributed by atoms with van der Waals surface area (Å²) >= 11 is 0. The van der Waals surface area contributed by atoms with Crippen molar-refractivity contribution in [2.45, 2.75) is 46.0 Å². The molecule has 0 saturated heterocycles. The number of hydrogen-bond donors (Lipinski definition) is 0. The fourth-order valence-corrected chi connectivity index (χ4v) is 3.84. The van der Waals surface area contributed by atoms with E-state index < -0.39 is 0 Å². The molecule has 117 valence electrons. The van der Waals surface area contributed by atoms with Crippen LogP contribution in [0.1, 0.15) is 46.0 Å². The molecule has 0 nitrogen and oxygen atoms in total. The van der Waals surface area contributed by atoms with E-state index in [-0.39, 0.29) is 21.7 Å². The van der Waals surface area contributed by atoms with E-state index in [4.69, 9.17) is 0 Å². The van der Waals surface area contributed by atoms with E-state index in [0.717, 1.165) is 30.1 Å². The van der Waals surface area contributed by atoms with Crippen LogP contribution in [0, 0.1) is 42.6 Å². The van der Waals surface area contributed by atoms with Crippen LogP contribution in [0.15, 0.2) is 42.5 Å². The van der Waals surface area contributed by atoms with Gasteiger partial charge in [-0.3, -0.25) is 6.08 Å². The zero-order valence-electron chi connectivity index (χ0n) is 14.0. The maximum atomic E-state index is 2.99. The molecule has 22 heavy (non-hydrogen) atoms. The van der Waals surface area contributed by atoms with Gasteiger partial charge in [-0.15, -0.1) is 6.42 Å². The van der Waals surface area contributed by atoms with Crippen molar-refractivity contribution in [1.82, 2.24) is 0 Å². The third-order valence-electron chi connectivity index (χ3n) is 4.68. The minimum Gasteiger partial charge on any atom is -0.335 e. The first-order valence-electron chi connectivity index (χ1n) is 8.50. The van der Waals surface area contributed by atoms with Crippen LogP contribution in [0.25, 0.3) is 0 Å². The Kier molecular flexibility index (Phi) is 10.1. The molecule has 0 N–H and O–H groups in total. The van der Waals surface area contributed by atoms with Crippen molar-refractivity contribution in [3.63, 3.8) is 0 Å². The summed E-state index contributed by atoms with van der Waals surface area (Å²) in [6.45, 7) is 4.00. The van der Waals surface area contributed by atoms with Gasteiger partial charge in [0.2, 0.25) is 0 Å². The van der Waals surface area contributed by atoms with Gasteiger partial charge in [-0.2, -0.15) is 32.3 Å². The van der Waals surface area contributed by atoms with Gasteiger partial charge in [-0.25, -0.2) is 12.2 Å². The van der Waals surface area contributed by atoms with Crippen molar-refractivity contribution in [2.24, 2.45) is 23.7 Å². The first kappa shape index (κ1) is 19.7. The second kappa shape index (κ2) is 11.2. The Balaban J connectivity index is 0.000000227. The van der Waals surface area contributed by atoms with E-state index in [1.807, 2.05) is 32.4 Å². The molecule has 0 aliphatic heterocycles. The molecule has 0 bridgehead atoms. The molecule has 4 unspecified atom stereocenters. The Morgan fingerprint density at radius 1 is 1.14 bits per heavy atom. The average Bonchev–Trinajstić information content (AvgIpc) is 3.19. The van der Waals surface area contributed by atoms with E-state index in [1.165, 1.54) is 25.7 Å². The van der Waals surface area contributed by atoms with Crippen molar-refractivity contribution in [3.8, 4) is 0 Å². The van der Waals surface area contributed by atoms with Crippen molar-refractivity contribution in [2.75, 3.05) is 0 Å². The second-order valence-electron chi connectivity index (χ2n) is 6.32. The second-order valence-corrected chi connectivity index (χ2v) is 6.32. The predicted octanol–water partition coefficient (Wildman–Crippen LogP) is 5.90. The molecule has 4 aliphatic rings. The van der Waals surface area contributed by atoms with Crippen molar-refractivity contribution < 1.29 is 21.7 Å². The Morgan fingerprint density at radius 2 is 1.91 bits per heavy atom. The largest absolute Gasteiger partial charge is 3.00 e. The molecule has 0 amide bonds. The van der Waals surface area contributed by atoms with Gasteiger partial charge >= 0.3 is 21.7 Å². The maximum Gasteiger partial charge on any atom is 3.00 e. The van der Waals surface area contributed by atoms with Gasteiger partial charge < -0.3 is 12.8 Å². The first-order valence-corrected chi connectivity index (χ1v) is 8.50. The summed E-state index contributed by atoms with van der Waals surface area (Å²) in [7, 11) is 0. The normalized spacial score (nSPS) is 32.8. The molecule has 0 aromatic rings. The fourth-order valence-electron chi connectivity index (χ4n) is 3.84. The molecule has 4 atom stereocenters. The molecule has 0 heterocycles. The molecule has 0 aromatic carbocycles. The number of hydrogen-bond acceptors (Lipinski definition) is 0. The zero-order valence-corrected chi connectivity index (χ0v) is 15.6. The minimum absolute atomic E-state index is 0. The van der Waals surface area contributed by atoms with Crippen LogP contribution >= 0.6 is 0 Å². The number of fused-ring (bicyclic) bond motifs is 3. The van der Waals surface area contributed by atoms with Crippen LogP contribution in [0.2, 0.25) is 0 Å². The molecule has 1 heteroatoms. The Morgan fingerprint density at radius 3 is 2.55 bits per heavy atom. The molecule has 2 saturated carbocycles. The third kappa shape index (κ3) is 5.71. The molecular weight excluding hydrogens is 300 g/mol. The topological polar surface area (TPSA) is 0 Å². The van der Waals surface area contributed by atoms with E-state index in [0.29, 0.717) is 0 Å².